The van der Waals surface area contributed by atoms with Gasteiger partial charge >= 0.3 is 0 Å². The fourth-order valence-electron chi connectivity index (χ4n) is 7.86. The van der Waals surface area contributed by atoms with E-state index in [9.17, 15) is 0 Å². The highest BCUT2D eigenvalue weighted by molar-refractivity contribution is 5.19. The quantitative estimate of drug-likeness (QED) is 0.257. The van der Waals surface area contributed by atoms with Crippen LogP contribution >= 0.6 is 0 Å². The van der Waals surface area contributed by atoms with Gasteiger partial charge in [0, 0.05) is 12.4 Å². The largest absolute Gasteiger partial charge is 0.265 e. The van der Waals surface area contributed by atoms with Crippen molar-refractivity contribution in [3.63, 3.8) is 0 Å². The Morgan fingerprint density at radius 2 is 1.42 bits per heavy atom. The maximum Gasteiger partial charge on any atom is 0.0270 e. The van der Waals surface area contributed by atoms with Crippen LogP contribution in [0.5, 0.6) is 0 Å². The molecule has 1 aromatic rings. The van der Waals surface area contributed by atoms with E-state index in [1.165, 1.54) is 82.6 Å². The maximum absolute atomic E-state index is 4.19. The van der Waals surface area contributed by atoms with Gasteiger partial charge < -0.3 is 0 Å². The summed E-state index contributed by atoms with van der Waals surface area (Å²) in [4.78, 5) is 4.19. The lowest BCUT2D eigenvalue weighted by Crippen LogP contribution is -2.46. The zero-order valence-corrected chi connectivity index (χ0v) is 20.4. The third-order valence-electron chi connectivity index (χ3n) is 9.11. The van der Waals surface area contributed by atoms with Crippen molar-refractivity contribution in [2.24, 2.45) is 29.1 Å². The van der Waals surface area contributed by atoms with Crippen LogP contribution in [0, 0.1) is 35.5 Å². The molecule has 0 aromatic carbocycles. The molecular formula is C30H48N. The van der Waals surface area contributed by atoms with Crippen molar-refractivity contribution in [2.75, 3.05) is 0 Å². The molecule has 0 amide bonds. The molecule has 1 heteroatoms. The number of unbranched alkanes of at least 4 members (excludes halogenated alkanes) is 7. The molecule has 4 aliphatic carbocycles. The van der Waals surface area contributed by atoms with Crippen LogP contribution in [0.1, 0.15) is 128 Å². The van der Waals surface area contributed by atoms with Gasteiger partial charge in [0.2, 0.25) is 0 Å². The summed E-state index contributed by atoms with van der Waals surface area (Å²) in [6.45, 7) is 2.31. The first-order valence-electron chi connectivity index (χ1n) is 14.0. The molecule has 0 aliphatic heterocycles. The van der Waals surface area contributed by atoms with E-state index in [0.29, 0.717) is 0 Å². The Morgan fingerprint density at radius 3 is 2.03 bits per heavy atom. The Kier molecular flexibility index (Phi) is 8.91. The average molecular weight is 423 g/mol. The second-order valence-electron chi connectivity index (χ2n) is 11.8. The van der Waals surface area contributed by atoms with Crippen LogP contribution in [-0.2, 0) is 0 Å². The van der Waals surface area contributed by atoms with Gasteiger partial charge in [0.25, 0.3) is 0 Å². The van der Waals surface area contributed by atoms with Gasteiger partial charge in [0.15, 0.2) is 0 Å². The van der Waals surface area contributed by atoms with Crippen molar-refractivity contribution in [3.05, 3.63) is 36.5 Å². The van der Waals surface area contributed by atoms with Crippen LogP contribution in [-0.4, -0.2) is 4.98 Å². The summed E-state index contributed by atoms with van der Waals surface area (Å²) < 4.78 is 0. The van der Waals surface area contributed by atoms with Crippen LogP contribution in [0.4, 0.5) is 0 Å². The van der Waals surface area contributed by atoms with Gasteiger partial charge in [0.05, 0.1) is 0 Å². The number of hydrogen-bond donors (Lipinski definition) is 0. The SMILES string of the molecule is CCCCCCCCCCC(C[CH]c1ccncc1)CCC12CC3CC(CC(C3)C1)C2. The van der Waals surface area contributed by atoms with Crippen molar-refractivity contribution in [1.82, 2.24) is 4.98 Å². The monoisotopic (exact) mass is 422 g/mol. The third kappa shape index (κ3) is 7.06. The Hall–Kier alpha value is -0.850. The smallest absolute Gasteiger partial charge is 0.0270 e. The second-order valence-corrected chi connectivity index (χ2v) is 11.8. The average Bonchev–Trinajstić information content (AvgIpc) is 2.76. The third-order valence-corrected chi connectivity index (χ3v) is 9.11. The van der Waals surface area contributed by atoms with E-state index >= 15 is 0 Å². The Bertz CT molecular complexity index is 585. The highest BCUT2D eigenvalue weighted by Crippen LogP contribution is 2.61. The lowest BCUT2D eigenvalue weighted by atomic mass is 9.48. The molecule has 1 unspecified atom stereocenters. The lowest BCUT2D eigenvalue weighted by Gasteiger charge is -2.57. The summed E-state index contributed by atoms with van der Waals surface area (Å²) in [5.41, 5.74) is 2.12. The van der Waals surface area contributed by atoms with Crippen LogP contribution in [0.15, 0.2) is 24.5 Å². The van der Waals surface area contributed by atoms with Gasteiger partial charge in [-0.2, -0.15) is 0 Å². The number of pyridine rings is 1. The van der Waals surface area contributed by atoms with E-state index in [2.05, 4.69) is 30.5 Å². The molecule has 4 bridgehead atoms. The lowest BCUT2D eigenvalue weighted by molar-refractivity contribution is -0.0601. The molecule has 0 spiro atoms. The fourth-order valence-corrected chi connectivity index (χ4v) is 7.86. The Labute approximate surface area is 193 Å². The minimum Gasteiger partial charge on any atom is -0.265 e. The molecule has 1 atom stereocenters. The molecule has 1 radical (unpaired) electrons. The van der Waals surface area contributed by atoms with Crippen molar-refractivity contribution in [1.29, 1.82) is 0 Å². The molecule has 0 saturated heterocycles. The highest BCUT2D eigenvalue weighted by atomic mass is 14.6. The predicted octanol–water partition coefficient (Wildman–Crippen LogP) is 9.17. The Morgan fingerprint density at radius 1 is 0.839 bits per heavy atom. The minimum atomic E-state index is 0.753. The Balaban J connectivity index is 1.22. The zero-order valence-electron chi connectivity index (χ0n) is 20.4. The van der Waals surface area contributed by atoms with Crippen LogP contribution < -0.4 is 0 Å². The molecule has 1 heterocycles. The molecule has 1 aromatic heterocycles. The van der Waals surface area contributed by atoms with Gasteiger partial charge in [-0.3, -0.25) is 4.98 Å². The minimum absolute atomic E-state index is 0.753. The van der Waals surface area contributed by atoms with Gasteiger partial charge in [-0.15, -0.1) is 0 Å². The van der Waals surface area contributed by atoms with Crippen molar-refractivity contribution in [2.45, 2.75) is 122 Å². The number of nitrogens with zero attached hydrogens (tertiary/aromatic N) is 1. The van der Waals surface area contributed by atoms with Crippen molar-refractivity contribution >= 4 is 0 Å². The highest BCUT2D eigenvalue weighted by Gasteiger charge is 2.50. The van der Waals surface area contributed by atoms with Crippen molar-refractivity contribution in [3.8, 4) is 0 Å². The summed E-state index contributed by atoms with van der Waals surface area (Å²) in [5.74, 6) is 4.18. The van der Waals surface area contributed by atoms with E-state index in [4.69, 9.17) is 0 Å². The van der Waals surface area contributed by atoms with E-state index in [1.807, 2.05) is 12.4 Å². The predicted molar refractivity (Wildman–Crippen MR) is 133 cm³/mol. The standard InChI is InChI=1S/C30H48N/c1-2-3-4-5-6-7-8-9-10-25(11-12-26-14-17-31-18-15-26)13-16-30-22-27-19-28(23-30)21-29(20-27)24-30/h12,14-15,17-18,25,27-29H,2-11,13,16,19-24H2,1H3. The van der Waals surface area contributed by atoms with Crippen LogP contribution in [0.25, 0.3) is 0 Å². The van der Waals surface area contributed by atoms with E-state index in [0.717, 1.165) is 29.1 Å². The number of rotatable bonds is 15. The van der Waals surface area contributed by atoms with Gasteiger partial charge in [-0.05, 0) is 111 Å². The van der Waals surface area contributed by atoms with E-state index in [1.54, 1.807) is 38.5 Å². The summed E-state index contributed by atoms with van der Waals surface area (Å²) in [5, 5.41) is 0. The summed E-state index contributed by atoms with van der Waals surface area (Å²) in [6.07, 6.45) is 33.1. The van der Waals surface area contributed by atoms with Crippen molar-refractivity contribution < 1.29 is 0 Å². The first kappa shape index (κ1) is 23.3. The molecule has 5 rings (SSSR count). The molecule has 173 valence electrons. The first-order valence-corrected chi connectivity index (χ1v) is 14.0. The first-order chi connectivity index (χ1) is 15.2. The molecular weight excluding hydrogens is 374 g/mol. The molecule has 0 N–H and O–H groups in total. The summed E-state index contributed by atoms with van der Waals surface area (Å²) in [6, 6.07) is 4.35. The van der Waals surface area contributed by atoms with Gasteiger partial charge in [-0.1, -0.05) is 64.7 Å². The summed E-state index contributed by atoms with van der Waals surface area (Å²) >= 11 is 0. The molecule has 4 fully saturated rings. The molecule has 4 saturated carbocycles. The number of hydrogen-bond acceptors (Lipinski definition) is 1. The summed E-state index contributed by atoms with van der Waals surface area (Å²) in [7, 11) is 0. The zero-order chi connectivity index (χ0) is 21.4. The molecule has 31 heavy (non-hydrogen) atoms. The topological polar surface area (TPSA) is 12.9 Å². The second kappa shape index (κ2) is 11.9. The van der Waals surface area contributed by atoms with E-state index in [-0.39, 0.29) is 0 Å². The van der Waals surface area contributed by atoms with Crippen LogP contribution in [0.3, 0.4) is 0 Å². The van der Waals surface area contributed by atoms with E-state index < -0.39 is 0 Å². The van der Waals surface area contributed by atoms with Crippen LogP contribution in [0.2, 0.25) is 0 Å². The molecule has 1 nitrogen and oxygen atoms in total. The number of aromatic nitrogens is 1. The normalized spacial score (nSPS) is 30.0. The van der Waals surface area contributed by atoms with Gasteiger partial charge in [-0.25, -0.2) is 0 Å². The van der Waals surface area contributed by atoms with Gasteiger partial charge in [0.1, 0.15) is 0 Å². The fraction of sp³-hybridized carbons (Fsp3) is 0.800. The maximum atomic E-state index is 4.19. The molecule has 4 aliphatic rings.